The SMILES string of the molecule is CCCOc1ccc(C(=O)NNC(=O)Cc2ccc(OC)c(OC)c2)cc1OC. The summed E-state index contributed by atoms with van der Waals surface area (Å²) in [6.07, 6.45) is 0.922. The minimum atomic E-state index is -0.467. The molecule has 0 fully saturated rings. The van der Waals surface area contributed by atoms with Crippen LogP contribution < -0.4 is 29.8 Å². The van der Waals surface area contributed by atoms with E-state index in [2.05, 4.69) is 10.9 Å². The lowest BCUT2D eigenvalue weighted by Gasteiger charge is -2.12. The van der Waals surface area contributed by atoms with Crippen molar-refractivity contribution >= 4 is 11.8 Å². The molecule has 2 amide bonds. The monoisotopic (exact) mass is 402 g/mol. The Kier molecular flexibility index (Phi) is 8.14. The van der Waals surface area contributed by atoms with E-state index in [9.17, 15) is 9.59 Å². The average Bonchev–Trinajstić information content (AvgIpc) is 2.75. The quantitative estimate of drug-likeness (QED) is 0.626. The second kappa shape index (κ2) is 10.8. The third-order valence-corrected chi connectivity index (χ3v) is 4.02. The van der Waals surface area contributed by atoms with Crippen molar-refractivity contribution in [2.45, 2.75) is 19.8 Å². The fourth-order valence-electron chi connectivity index (χ4n) is 2.56. The van der Waals surface area contributed by atoms with Crippen LogP contribution in [0.25, 0.3) is 0 Å². The van der Waals surface area contributed by atoms with Gasteiger partial charge in [-0.25, -0.2) is 0 Å². The molecule has 156 valence electrons. The second-order valence-electron chi connectivity index (χ2n) is 6.08. The van der Waals surface area contributed by atoms with Crippen molar-refractivity contribution in [1.29, 1.82) is 0 Å². The highest BCUT2D eigenvalue weighted by Crippen LogP contribution is 2.28. The van der Waals surface area contributed by atoms with Crippen LogP contribution in [-0.4, -0.2) is 39.8 Å². The molecule has 2 N–H and O–H groups in total. The number of benzene rings is 2. The van der Waals surface area contributed by atoms with E-state index in [0.29, 0.717) is 40.7 Å². The standard InChI is InChI=1S/C21H26N2O6/c1-5-10-29-17-9-7-15(13-19(17)28-4)21(25)23-22-20(24)12-14-6-8-16(26-2)18(11-14)27-3/h6-9,11,13H,5,10,12H2,1-4H3,(H,22,24)(H,23,25). The first-order chi connectivity index (χ1) is 14.0. The lowest BCUT2D eigenvalue weighted by molar-refractivity contribution is -0.121. The molecule has 0 saturated heterocycles. The maximum absolute atomic E-state index is 12.3. The summed E-state index contributed by atoms with van der Waals surface area (Å²) in [6, 6.07) is 10.00. The van der Waals surface area contributed by atoms with Gasteiger partial charge >= 0.3 is 0 Å². The van der Waals surface area contributed by atoms with Gasteiger partial charge in [0.15, 0.2) is 23.0 Å². The van der Waals surface area contributed by atoms with Gasteiger partial charge in [0.1, 0.15) is 0 Å². The number of methoxy groups -OCH3 is 3. The zero-order valence-corrected chi connectivity index (χ0v) is 17.0. The predicted molar refractivity (Wildman–Crippen MR) is 108 cm³/mol. The third kappa shape index (κ3) is 6.03. The molecular weight excluding hydrogens is 376 g/mol. The average molecular weight is 402 g/mol. The van der Waals surface area contributed by atoms with Gasteiger partial charge in [-0.1, -0.05) is 13.0 Å². The summed E-state index contributed by atoms with van der Waals surface area (Å²) in [5, 5.41) is 0. The maximum Gasteiger partial charge on any atom is 0.269 e. The maximum atomic E-state index is 12.3. The Hall–Kier alpha value is -3.42. The fraction of sp³-hybridized carbons (Fsp3) is 0.333. The summed E-state index contributed by atoms with van der Waals surface area (Å²) >= 11 is 0. The van der Waals surface area contributed by atoms with Crippen LogP contribution >= 0.6 is 0 Å². The summed E-state index contributed by atoms with van der Waals surface area (Å²) in [7, 11) is 4.56. The van der Waals surface area contributed by atoms with Gasteiger partial charge in [-0.2, -0.15) is 0 Å². The molecule has 0 aliphatic carbocycles. The highest BCUT2D eigenvalue weighted by molar-refractivity contribution is 5.96. The number of nitrogens with one attached hydrogen (secondary N) is 2. The summed E-state index contributed by atoms with van der Waals surface area (Å²) < 4.78 is 21.2. The van der Waals surface area contributed by atoms with Crippen LogP contribution in [0.3, 0.4) is 0 Å². The van der Waals surface area contributed by atoms with Crippen molar-refractivity contribution in [3.63, 3.8) is 0 Å². The zero-order valence-electron chi connectivity index (χ0n) is 17.0. The third-order valence-electron chi connectivity index (χ3n) is 4.02. The summed E-state index contributed by atoms with van der Waals surface area (Å²) in [5.41, 5.74) is 5.84. The Morgan fingerprint density at radius 1 is 0.828 bits per heavy atom. The molecular formula is C21H26N2O6. The highest BCUT2D eigenvalue weighted by atomic mass is 16.5. The number of carbonyl (C=O) groups is 2. The second-order valence-corrected chi connectivity index (χ2v) is 6.08. The van der Waals surface area contributed by atoms with E-state index in [1.165, 1.54) is 21.3 Å². The first-order valence-corrected chi connectivity index (χ1v) is 9.13. The molecule has 2 aromatic carbocycles. The van der Waals surface area contributed by atoms with E-state index in [-0.39, 0.29) is 12.3 Å². The van der Waals surface area contributed by atoms with Crippen molar-refractivity contribution in [3.05, 3.63) is 47.5 Å². The number of hydrogen-bond acceptors (Lipinski definition) is 6. The molecule has 2 rings (SSSR count). The van der Waals surface area contributed by atoms with E-state index >= 15 is 0 Å². The molecule has 0 bridgehead atoms. The van der Waals surface area contributed by atoms with Crippen LogP contribution in [0.2, 0.25) is 0 Å². The van der Waals surface area contributed by atoms with Gasteiger partial charge in [0.25, 0.3) is 5.91 Å². The minimum absolute atomic E-state index is 0.0632. The largest absolute Gasteiger partial charge is 0.493 e. The van der Waals surface area contributed by atoms with E-state index in [4.69, 9.17) is 18.9 Å². The molecule has 0 heterocycles. The van der Waals surface area contributed by atoms with Gasteiger partial charge in [-0.15, -0.1) is 0 Å². The topological polar surface area (TPSA) is 95.1 Å². The number of rotatable bonds is 9. The van der Waals surface area contributed by atoms with Gasteiger partial charge in [0.05, 0.1) is 34.4 Å². The van der Waals surface area contributed by atoms with E-state index in [1.807, 2.05) is 6.92 Å². The number of amides is 2. The molecule has 2 aromatic rings. The van der Waals surface area contributed by atoms with Crippen molar-refractivity contribution in [1.82, 2.24) is 10.9 Å². The van der Waals surface area contributed by atoms with Crippen LogP contribution in [0.4, 0.5) is 0 Å². The Morgan fingerprint density at radius 3 is 2.14 bits per heavy atom. The van der Waals surface area contributed by atoms with Gasteiger partial charge in [0.2, 0.25) is 5.91 Å². The van der Waals surface area contributed by atoms with Crippen LogP contribution in [0, 0.1) is 0 Å². The molecule has 8 heteroatoms. The van der Waals surface area contributed by atoms with Gasteiger partial charge in [0, 0.05) is 5.56 Å². The molecule has 0 aliphatic rings. The molecule has 29 heavy (non-hydrogen) atoms. The highest BCUT2D eigenvalue weighted by Gasteiger charge is 2.13. The smallest absolute Gasteiger partial charge is 0.269 e. The van der Waals surface area contributed by atoms with Gasteiger partial charge in [-0.3, -0.25) is 20.4 Å². The molecule has 0 spiro atoms. The molecule has 0 radical (unpaired) electrons. The van der Waals surface area contributed by atoms with Gasteiger partial charge in [-0.05, 0) is 42.3 Å². The summed E-state index contributed by atoms with van der Waals surface area (Å²) in [5.74, 6) is 1.27. The van der Waals surface area contributed by atoms with Crippen LogP contribution in [0.5, 0.6) is 23.0 Å². The van der Waals surface area contributed by atoms with Crippen molar-refractivity contribution in [2.24, 2.45) is 0 Å². The molecule has 0 aliphatic heterocycles. The number of hydrazine groups is 1. The lowest BCUT2D eigenvalue weighted by atomic mass is 10.1. The number of hydrogen-bond donors (Lipinski definition) is 2. The lowest BCUT2D eigenvalue weighted by Crippen LogP contribution is -2.42. The normalized spacial score (nSPS) is 10.1. The van der Waals surface area contributed by atoms with Crippen LogP contribution in [0.15, 0.2) is 36.4 Å². The summed E-state index contributed by atoms with van der Waals surface area (Å²) in [4.78, 5) is 24.5. The van der Waals surface area contributed by atoms with Crippen LogP contribution in [0.1, 0.15) is 29.3 Å². The zero-order chi connectivity index (χ0) is 21.2. The van der Waals surface area contributed by atoms with E-state index in [0.717, 1.165) is 6.42 Å². The van der Waals surface area contributed by atoms with Crippen molar-refractivity contribution < 1.29 is 28.5 Å². The summed E-state index contributed by atoms with van der Waals surface area (Å²) in [6.45, 7) is 2.55. The van der Waals surface area contributed by atoms with Crippen molar-refractivity contribution in [2.75, 3.05) is 27.9 Å². The van der Waals surface area contributed by atoms with E-state index < -0.39 is 5.91 Å². The molecule has 8 nitrogen and oxygen atoms in total. The molecule has 0 atom stereocenters. The minimum Gasteiger partial charge on any atom is -0.493 e. The van der Waals surface area contributed by atoms with E-state index in [1.54, 1.807) is 36.4 Å². The molecule has 0 aromatic heterocycles. The molecule has 0 unspecified atom stereocenters. The van der Waals surface area contributed by atoms with Gasteiger partial charge < -0.3 is 18.9 Å². The Bertz CT molecular complexity index is 853. The molecule has 0 saturated carbocycles. The van der Waals surface area contributed by atoms with Crippen LogP contribution in [-0.2, 0) is 11.2 Å². The Labute approximate surface area is 170 Å². The number of ether oxygens (including phenoxy) is 4. The number of carbonyl (C=O) groups excluding carboxylic acids is 2. The Balaban J connectivity index is 1.95. The fourth-order valence-corrected chi connectivity index (χ4v) is 2.56. The predicted octanol–water partition coefficient (Wildman–Crippen LogP) is 2.50. The van der Waals surface area contributed by atoms with Crippen molar-refractivity contribution in [3.8, 4) is 23.0 Å². The first-order valence-electron chi connectivity index (χ1n) is 9.13. The Morgan fingerprint density at radius 2 is 1.48 bits per heavy atom. The first kappa shape index (κ1) is 21.9.